The molecule has 0 unspecified atom stereocenters. The minimum absolute atomic E-state index is 0.316. The van der Waals surface area contributed by atoms with Crippen LogP contribution in [0.1, 0.15) is 12.0 Å². The third-order valence-corrected chi connectivity index (χ3v) is 1.91. The monoisotopic (exact) mass is 226 g/mol. The van der Waals surface area contributed by atoms with Crippen molar-refractivity contribution >= 4 is 22.0 Å². The van der Waals surface area contributed by atoms with Gasteiger partial charge in [-0.05, 0) is 24.1 Å². The first-order chi connectivity index (χ1) is 5.83. The number of phenolic OH excluding ortho intramolecular Hbond substituents is 1. The van der Waals surface area contributed by atoms with E-state index in [-0.39, 0.29) is 0 Å². The summed E-state index contributed by atoms with van der Waals surface area (Å²) in [5.74, 6) is 0.316. The molecule has 0 atom stereocenters. The molecular weight excluding hydrogens is 216 g/mol. The Morgan fingerprint density at radius 3 is 2.92 bits per heavy atom. The van der Waals surface area contributed by atoms with Crippen LogP contribution in [0.3, 0.4) is 0 Å². The third kappa shape index (κ3) is 3.09. The van der Waals surface area contributed by atoms with Crippen LogP contribution in [0.25, 0.3) is 6.08 Å². The number of alkyl halides is 1. The van der Waals surface area contributed by atoms with Crippen LogP contribution in [-0.4, -0.2) is 10.4 Å². The number of halogens is 1. The largest absolute Gasteiger partial charge is 0.508 e. The summed E-state index contributed by atoms with van der Waals surface area (Å²) < 4.78 is 0. The lowest BCUT2D eigenvalue weighted by Crippen LogP contribution is -1.71. The zero-order valence-corrected chi connectivity index (χ0v) is 8.29. The van der Waals surface area contributed by atoms with E-state index in [9.17, 15) is 0 Å². The summed E-state index contributed by atoms with van der Waals surface area (Å²) in [4.78, 5) is 0. The fraction of sp³-hybridized carbons (Fsp3) is 0.200. The Labute approximate surface area is 80.9 Å². The molecule has 1 aromatic rings. The van der Waals surface area contributed by atoms with Crippen LogP contribution in [0.4, 0.5) is 0 Å². The summed E-state index contributed by atoms with van der Waals surface area (Å²) in [6, 6.07) is 7.21. The van der Waals surface area contributed by atoms with Crippen LogP contribution in [0.15, 0.2) is 30.3 Å². The molecule has 1 N–H and O–H groups in total. The number of aromatic hydroxyl groups is 1. The van der Waals surface area contributed by atoms with Gasteiger partial charge in [-0.3, -0.25) is 0 Å². The van der Waals surface area contributed by atoms with Gasteiger partial charge in [0, 0.05) is 5.33 Å². The molecule has 0 aromatic heterocycles. The zero-order valence-electron chi connectivity index (χ0n) is 6.70. The summed E-state index contributed by atoms with van der Waals surface area (Å²) >= 11 is 3.34. The van der Waals surface area contributed by atoms with Gasteiger partial charge in [0.1, 0.15) is 5.75 Å². The van der Waals surface area contributed by atoms with Crippen LogP contribution in [0.2, 0.25) is 0 Å². The topological polar surface area (TPSA) is 20.2 Å². The SMILES string of the molecule is Oc1cccc(C=CCCBr)c1. The van der Waals surface area contributed by atoms with Crippen molar-refractivity contribution in [1.29, 1.82) is 0 Å². The van der Waals surface area contributed by atoms with Gasteiger partial charge in [-0.15, -0.1) is 0 Å². The van der Waals surface area contributed by atoms with Crippen molar-refractivity contribution in [3.63, 3.8) is 0 Å². The molecule has 0 heterocycles. The molecule has 0 saturated heterocycles. The van der Waals surface area contributed by atoms with Crippen molar-refractivity contribution in [2.75, 3.05) is 5.33 Å². The molecule has 1 nitrogen and oxygen atoms in total. The summed E-state index contributed by atoms with van der Waals surface area (Å²) in [6.45, 7) is 0. The number of phenols is 1. The van der Waals surface area contributed by atoms with E-state index in [2.05, 4.69) is 22.0 Å². The van der Waals surface area contributed by atoms with E-state index in [0.717, 1.165) is 17.3 Å². The van der Waals surface area contributed by atoms with Gasteiger partial charge in [0.25, 0.3) is 0 Å². The van der Waals surface area contributed by atoms with Crippen molar-refractivity contribution in [3.05, 3.63) is 35.9 Å². The molecule has 12 heavy (non-hydrogen) atoms. The van der Waals surface area contributed by atoms with Gasteiger partial charge in [-0.1, -0.05) is 40.2 Å². The molecule has 0 aliphatic heterocycles. The van der Waals surface area contributed by atoms with Crippen molar-refractivity contribution < 1.29 is 5.11 Å². The highest BCUT2D eigenvalue weighted by atomic mass is 79.9. The maximum atomic E-state index is 9.13. The van der Waals surface area contributed by atoms with Crippen molar-refractivity contribution in [2.24, 2.45) is 0 Å². The lowest BCUT2D eigenvalue weighted by atomic mass is 10.2. The van der Waals surface area contributed by atoms with Gasteiger partial charge in [0.2, 0.25) is 0 Å². The molecule has 0 aliphatic rings. The molecule has 0 spiro atoms. The first kappa shape index (κ1) is 9.33. The second kappa shape index (κ2) is 4.99. The Bertz CT molecular complexity index is 268. The molecule has 0 radical (unpaired) electrons. The van der Waals surface area contributed by atoms with Crippen LogP contribution in [0, 0.1) is 0 Å². The number of benzene rings is 1. The first-order valence-corrected chi connectivity index (χ1v) is 4.96. The van der Waals surface area contributed by atoms with E-state index in [1.165, 1.54) is 0 Å². The number of allylic oxidation sites excluding steroid dienone is 1. The van der Waals surface area contributed by atoms with E-state index < -0.39 is 0 Å². The minimum atomic E-state index is 0.316. The van der Waals surface area contributed by atoms with Gasteiger partial charge in [-0.2, -0.15) is 0 Å². The van der Waals surface area contributed by atoms with E-state index in [4.69, 9.17) is 5.11 Å². The Morgan fingerprint density at radius 1 is 1.42 bits per heavy atom. The smallest absolute Gasteiger partial charge is 0.116 e. The molecule has 0 bridgehead atoms. The lowest BCUT2D eigenvalue weighted by molar-refractivity contribution is 0.475. The zero-order chi connectivity index (χ0) is 8.81. The third-order valence-electron chi connectivity index (χ3n) is 1.46. The van der Waals surface area contributed by atoms with Gasteiger partial charge in [0.05, 0.1) is 0 Å². The summed E-state index contributed by atoms with van der Waals surface area (Å²) in [5, 5.41) is 10.1. The van der Waals surface area contributed by atoms with Crippen molar-refractivity contribution in [1.82, 2.24) is 0 Å². The van der Waals surface area contributed by atoms with E-state index in [0.29, 0.717) is 5.75 Å². The summed E-state index contributed by atoms with van der Waals surface area (Å²) in [7, 11) is 0. The molecule has 0 amide bonds. The van der Waals surface area contributed by atoms with E-state index in [1.807, 2.05) is 18.2 Å². The Hall–Kier alpha value is -0.760. The fourth-order valence-electron chi connectivity index (χ4n) is 0.911. The summed E-state index contributed by atoms with van der Waals surface area (Å²) in [6.07, 6.45) is 5.08. The Balaban J connectivity index is 2.63. The Morgan fingerprint density at radius 2 is 2.25 bits per heavy atom. The molecule has 2 heteroatoms. The molecule has 1 aromatic carbocycles. The van der Waals surface area contributed by atoms with Gasteiger partial charge >= 0.3 is 0 Å². The first-order valence-electron chi connectivity index (χ1n) is 3.84. The maximum Gasteiger partial charge on any atom is 0.116 e. The van der Waals surface area contributed by atoms with Gasteiger partial charge < -0.3 is 5.11 Å². The Kier molecular flexibility index (Phi) is 3.88. The maximum absolute atomic E-state index is 9.13. The van der Waals surface area contributed by atoms with Gasteiger partial charge in [0.15, 0.2) is 0 Å². The standard InChI is InChI=1S/C10H11BrO/c11-7-2-1-4-9-5-3-6-10(12)8-9/h1,3-6,8,12H,2,7H2. The van der Waals surface area contributed by atoms with Crippen molar-refractivity contribution in [2.45, 2.75) is 6.42 Å². The molecule has 0 fully saturated rings. The van der Waals surface area contributed by atoms with Crippen LogP contribution >= 0.6 is 15.9 Å². The minimum Gasteiger partial charge on any atom is -0.508 e. The predicted octanol–water partition coefficient (Wildman–Crippen LogP) is 3.19. The number of hydrogen-bond donors (Lipinski definition) is 1. The molecule has 0 saturated carbocycles. The summed E-state index contributed by atoms with van der Waals surface area (Å²) in [5.41, 5.74) is 1.04. The highest BCUT2D eigenvalue weighted by Gasteiger charge is 1.87. The van der Waals surface area contributed by atoms with Crippen LogP contribution < -0.4 is 0 Å². The van der Waals surface area contributed by atoms with E-state index in [1.54, 1.807) is 12.1 Å². The molecule has 64 valence electrons. The fourth-order valence-corrected chi connectivity index (χ4v) is 1.18. The molecular formula is C10H11BrO. The second-order valence-electron chi connectivity index (χ2n) is 2.48. The highest BCUT2D eigenvalue weighted by Crippen LogP contribution is 2.12. The quantitative estimate of drug-likeness (QED) is 0.786. The van der Waals surface area contributed by atoms with Gasteiger partial charge in [-0.25, -0.2) is 0 Å². The lowest BCUT2D eigenvalue weighted by Gasteiger charge is -1.93. The predicted molar refractivity (Wildman–Crippen MR) is 55.6 cm³/mol. The van der Waals surface area contributed by atoms with Crippen LogP contribution in [0.5, 0.6) is 5.75 Å². The number of hydrogen-bond acceptors (Lipinski definition) is 1. The van der Waals surface area contributed by atoms with Crippen molar-refractivity contribution in [3.8, 4) is 5.75 Å². The average Bonchev–Trinajstić information content (AvgIpc) is 2.05. The normalized spacial score (nSPS) is 10.8. The van der Waals surface area contributed by atoms with Crippen LogP contribution in [-0.2, 0) is 0 Å². The highest BCUT2D eigenvalue weighted by molar-refractivity contribution is 9.09. The average molecular weight is 227 g/mol. The second-order valence-corrected chi connectivity index (χ2v) is 3.27. The number of rotatable bonds is 3. The molecule has 0 aliphatic carbocycles. The van der Waals surface area contributed by atoms with E-state index >= 15 is 0 Å². The molecule has 1 rings (SSSR count).